The molecule has 19 heavy (non-hydrogen) atoms. The van der Waals surface area contributed by atoms with Crippen LogP contribution in [0.4, 0.5) is 11.6 Å². The van der Waals surface area contributed by atoms with E-state index >= 15 is 0 Å². The van der Waals surface area contributed by atoms with E-state index in [1.807, 2.05) is 0 Å². The van der Waals surface area contributed by atoms with Crippen LogP contribution in [0.2, 0.25) is 5.15 Å². The van der Waals surface area contributed by atoms with Gasteiger partial charge in [0, 0.05) is 18.8 Å². The molecule has 6 nitrogen and oxygen atoms in total. The molecule has 0 aliphatic heterocycles. The Hall–Kier alpha value is -2.34. The fourth-order valence-corrected chi connectivity index (χ4v) is 1.64. The van der Waals surface area contributed by atoms with Crippen LogP contribution in [0.15, 0.2) is 30.5 Å². The maximum Gasteiger partial charge on any atom is 0.257 e. The molecule has 0 bridgehead atoms. The molecule has 0 aromatic carbocycles. The molecular weight excluding hydrogens is 268 g/mol. The predicted octanol–water partition coefficient (Wildman–Crippen LogP) is 2.13. The molecule has 0 spiro atoms. The fourth-order valence-electron chi connectivity index (χ4n) is 1.43. The number of rotatable bonds is 3. The van der Waals surface area contributed by atoms with Crippen molar-refractivity contribution in [1.29, 1.82) is 0 Å². The molecule has 0 saturated heterocycles. The van der Waals surface area contributed by atoms with E-state index in [0.29, 0.717) is 11.4 Å². The van der Waals surface area contributed by atoms with Gasteiger partial charge < -0.3 is 15.7 Å². The zero-order chi connectivity index (χ0) is 13.8. The second kappa shape index (κ2) is 5.53. The van der Waals surface area contributed by atoms with E-state index in [0.717, 1.165) is 0 Å². The summed E-state index contributed by atoms with van der Waals surface area (Å²) in [5.74, 6) is 0.0222. The highest BCUT2D eigenvalue weighted by Gasteiger charge is 2.11. The summed E-state index contributed by atoms with van der Waals surface area (Å²) in [6, 6.07) is 5.97. The normalized spacial score (nSPS) is 10.0. The van der Waals surface area contributed by atoms with E-state index in [1.54, 1.807) is 19.2 Å². The van der Waals surface area contributed by atoms with E-state index in [4.69, 9.17) is 11.6 Å². The Kier molecular flexibility index (Phi) is 3.82. The first-order valence-corrected chi connectivity index (χ1v) is 5.78. The third kappa shape index (κ3) is 3.11. The van der Waals surface area contributed by atoms with Crippen molar-refractivity contribution in [3.8, 4) is 5.75 Å². The van der Waals surface area contributed by atoms with Gasteiger partial charge in [-0.1, -0.05) is 11.6 Å². The molecule has 0 aliphatic rings. The van der Waals surface area contributed by atoms with Crippen LogP contribution in [0.1, 0.15) is 10.4 Å². The van der Waals surface area contributed by atoms with Crippen LogP contribution >= 0.6 is 11.6 Å². The quantitative estimate of drug-likeness (QED) is 0.749. The minimum absolute atomic E-state index is 0.0893. The molecule has 3 N–H and O–H groups in total. The Morgan fingerprint density at radius 2 is 2.21 bits per heavy atom. The monoisotopic (exact) mass is 278 g/mol. The second-order valence-electron chi connectivity index (χ2n) is 3.64. The number of carbonyl (C=O) groups excluding carboxylic acids is 1. The number of carbonyl (C=O) groups is 1. The summed E-state index contributed by atoms with van der Waals surface area (Å²) < 4.78 is 0. The topological polar surface area (TPSA) is 87.1 Å². The Labute approximate surface area is 114 Å². The lowest BCUT2D eigenvalue weighted by Crippen LogP contribution is -2.13. The van der Waals surface area contributed by atoms with E-state index in [2.05, 4.69) is 20.6 Å². The lowest BCUT2D eigenvalue weighted by molar-refractivity contribution is 0.102. The number of amides is 1. The minimum Gasteiger partial charge on any atom is -0.504 e. The van der Waals surface area contributed by atoms with Gasteiger partial charge in [0.05, 0.1) is 0 Å². The summed E-state index contributed by atoms with van der Waals surface area (Å²) in [7, 11) is 1.67. The van der Waals surface area contributed by atoms with Gasteiger partial charge in [0.1, 0.15) is 11.0 Å². The highest BCUT2D eigenvalue weighted by Crippen LogP contribution is 2.20. The van der Waals surface area contributed by atoms with Gasteiger partial charge in [-0.2, -0.15) is 0 Å². The largest absolute Gasteiger partial charge is 0.504 e. The molecule has 1 amide bonds. The van der Waals surface area contributed by atoms with Crippen LogP contribution in [-0.4, -0.2) is 28.0 Å². The third-order valence-electron chi connectivity index (χ3n) is 2.33. The summed E-state index contributed by atoms with van der Waals surface area (Å²) in [5.41, 5.74) is 0.314. The van der Waals surface area contributed by atoms with Gasteiger partial charge in [0.25, 0.3) is 5.91 Å². The molecule has 98 valence electrons. The smallest absolute Gasteiger partial charge is 0.257 e. The van der Waals surface area contributed by atoms with Crippen molar-refractivity contribution in [1.82, 2.24) is 9.97 Å². The van der Waals surface area contributed by atoms with Crippen molar-refractivity contribution in [3.05, 3.63) is 41.2 Å². The zero-order valence-electron chi connectivity index (χ0n) is 10.0. The Morgan fingerprint density at radius 3 is 2.89 bits per heavy atom. The fraction of sp³-hybridized carbons (Fsp3) is 0.0833. The number of pyridine rings is 2. The highest BCUT2D eigenvalue weighted by molar-refractivity contribution is 6.30. The summed E-state index contributed by atoms with van der Waals surface area (Å²) in [4.78, 5) is 19.8. The Bertz CT molecular complexity index is 618. The lowest BCUT2D eigenvalue weighted by atomic mass is 10.2. The van der Waals surface area contributed by atoms with Crippen molar-refractivity contribution >= 4 is 29.1 Å². The summed E-state index contributed by atoms with van der Waals surface area (Å²) in [5, 5.41) is 15.0. The van der Waals surface area contributed by atoms with Gasteiger partial charge in [0.2, 0.25) is 0 Å². The molecule has 2 rings (SSSR count). The van der Waals surface area contributed by atoms with Crippen LogP contribution in [0.3, 0.4) is 0 Å². The van der Waals surface area contributed by atoms with Gasteiger partial charge in [-0.25, -0.2) is 9.97 Å². The molecule has 0 aliphatic carbocycles. The van der Waals surface area contributed by atoms with E-state index < -0.39 is 5.91 Å². The van der Waals surface area contributed by atoms with Gasteiger partial charge in [-0.3, -0.25) is 4.79 Å². The average molecular weight is 279 g/mol. The van der Waals surface area contributed by atoms with Crippen molar-refractivity contribution in [3.63, 3.8) is 0 Å². The van der Waals surface area contributed by atoms with Crippen LogP contribution in [-0.2, 0) is 0 Å². The Balaban J connectivity index is 2.25. The summed E-state index contributed by atoms with van der Waals surface area (Å²) in [6.07, 6.45) is 1.47. The van der Waals surface area contributed by atoms with Crippen molar-refractivity contribution < 1.29 is 9.90 Å². The number of halogens is 1. The van der Waals surface area contributed by atoms with Crippen LogP contribution in [0.25, 0.3) is 0 Å². The number of anilines is 2. The minimum atomic E-state index is -0.435. The first-order valence-electron chi connectivity index (χ1n) is 5.41. The number of nitrogens with one attached hydrogen (secondary N) is 2. The maximum absolute atomic E-state index is 12.0. The average Bonchev–Trinajstić information content (AvgIpc) is 2.40. The number of hydrogen-bond acceptors (Lipinski definition) is 5. The second-order valence-corrected chi connectivity index (χ2v) is 4.03. The number of aromatic hydroxyl groups is 1. The van der Waals surface area contributed by atoms with Crippen molar-refractivity contribution in [2.45, 2.75) is 0 Å². The molecule has 2 aromatic heterocycles. The van der Waals surface area contributed by atoms with Gasteiger partial charge in [-0.15, -0.1) is 0 Å². The SMILES string of the molecule is CNc1cc(C(=O)Nc2ncccc2O)cc(Cl)n1. The number of nitrogens with zero attached hydrogens (tertiary/aromatic N) is 2. The van der Waals surface area contributed by atoms with Gasteiger partial charge in [0.15, 0.2) is 11.6 Å². The first-order chi connectivity index (χ1) is 9.10. The predicted molar refractivity (Wildman–Crippen MR) is 72.6 cm³/mol. The molecular formula is C12H11ClN4O2. The first kappa shape index (κ1) is 13.1. The molecule has 0 radical (unpaired) electrons. The molecule has 0 saturated carbocycles. The van der Waals surface area contributed by atoms with Crippen LogP contribution in [0.5, 0.6) is 5.75 Å². The highest BCUT2D eigenvalue weighted by atomic mass is 35.5. The van der Waals surface area contributed by atoms with Gasteiger partial charge >= 0.3 is 0 Å². The molecule has 0 fully saturated rings. The van der Waals surface area contributed by atoms with E-state index in [1.165, 1.54) is 18.3 Å². The third-order valence-corrected chi connectivity index (χ3v) is 2.52. The lowest BCUT2D eigenvalue weighted by Gasteiger charge is -2.07. The summed E-state index contributed by atoms with van der Waals surface area (Å²) in [6.45, 7) is 0. The number of hydrogen-bond donors (Lipinski definition) is 3. The van der Waals surface area contributed by atoms with Crippen molar-refractivity contribution in [2.24, 2.45) is 0 Å². The molecule has 2 aromatic rings. The van der Waals surface area contributed by atoms with Crippen molar-refractivity contribution in [2.75, 3.05) is 17.7 Å². The van der Waals surface area contributed by atoms with Crippen LogP contribution in [0, 0.1) is 0 Å². The van der Waals surface area contributed by atoms with E-state index in [-0.39, 0.29) is 16.7 Å². The molecule has 2 heterocycles. The molecule has 7 heteroatoms. The van der Waals surface area contributed by atoms with Gasteiger partial charge in [-0.05, 0) is 24.3 Å². The maximum atomic E-state index is 12.0. The Morgan fingerprint density at radius 1 is 1.42 bits per heavy atom. The summed E-state index contributed by atoms with van der Waals surface area (Å²) >= 11 is 5.81. The number of aromatic nitrogens is 2. The van der Waals surface area contributed by atoms with E-state index in [9.17, 15) is 9.90 Å². The molecule has 0 atom stereocenters. The molecule has 0 unspecified atom stereocenters. The standard InChI is InChI=1S/C12H11ClN4O2/c1-14-10-6-7(5-9(13)16-10)12(19)17-11-8(18)3-2-4-15-11/h2-6,18H,1H3,(H,14,16)(H,15,17,19). The van der Waals surface area contributed by atoms with Crippen LogP contribution < -0.4 is 10.6 Å². The zero-order valence-corrected chi connectivity index (χ0v) is 10.8.